The summed E-state index contributed by atoms with van der Waals surface area (Å²) < 4.78 is 0. The van der Waals surface area contributed by atoms with Gasteiger partial charge in [0.15, 0.2) is 0 Å². The number of fused-ring (bicyclic) bond motifs is 1. The molecule has 4 nitrogen and oxygen atoms in total. The number of pyridine rings is 1. The van der Waals surface area contributed by atoms with Crippen LogP contribution in [0.15, 0.2) is 54.7 Å². The molecule has 0 radical (unpaired) electrons. The number of carbonyl (C=O) groups is 1. The van der Waals surface area contributed by atoms with Gasteiger partial charge in [-0.3, -0.25) is 9.78 Å². The van der Waals surface area contributed by atoms with Gasteiger partial charge in [0.1, 0.15) is 5.01 Å². The molecule has 0 saturated heterocycles. The molecule has 28 heavy (non-hydrogen) atoms. The number of aromatic nitrogens is 2. The van der Waals surface area contributed by atoms with Crippen LogP contribution in [0.2, 0.25) is 0 Å². The molecule has 1 atom stereocenters. The summed E-state index contributed by atoms with van der Waals surface area (Å²) in [4.78, 5) is 25.8. The third-order valence-corrected chi connectivity index (χ3v) is 6.42. The number of hydrogen-bond acceptors (Lipinski definition) is 4. The fourth-order valence-electron chi connectivity index (χ4n) is 3.71. The molecule has 0 N–H and O–H groups in total. The molecule has 1 amide bonds. The molecule has 0 bridgehead atoms. The van der Waals surface area contributed by atoms with E-state index in [2.05, 4.69) is 31.0 Å². The lowest BCUT2D eigenvalue weighted by molar-refractivity contribution is -0.138. The van der Waals surface area contributed by atoms with Gasteiger partial charge < -0.3 is 4.90 Å². The van der Waals surface area contributed by atoms with Gasteiger partial charge in [0, 0.05) is 29.6 Å². The van der Waals surface area contributed by atoms with Crippen molar-refractivity contribution in [3.8, 4) is 10.7 Å². The van der Waals surface area contributed by atoms with Crippen molar-refractivity contribution in [2.75, 3.05) is 0 Å². The zero-order chi connectivity index (χ0) is 19.5. The van der Waals surface area contributed by atoms with E-state index < -0.39 is 0 Å². The largest absolute Gasteiger partial charge is 0.336 e. The molecule has 1 unspecified atom stereocenters. The zero-order valence-electron chi connectivity index (χ0n) is 16.3. The van der Waals surface area contributed by atoms with E-state index in [9.17, 15) is 4.79 Å². The first-order valence-electron chi connectivity index (χ1n) is 9.86. The van der Waals surface area contributed by atoms with Gasteiger partial charge in [-0.05, 0) is 50.8 Å². The van der Waals surface area contributed by atoms with E-state index in [1.807, 2.05) is 41.3 Å². The standard InChI is InChI=1S/C23H25N3OS/c1-16(2)26(15-17-8-4-3-5-9-17)23(27)18-11-12-19-21(14-18)28-22(25-19)20-10-6-7-13-24-20/h3-10,13,16,18H,11-12,14-15H2,1-2H3. The molecular weight excluding hydrogens is 366 g/mol. The number of hydrogen-bond donors (Lipinski definition) is 0. The van der Waals surface area contributed by atoms with Crippen LogP contribution in [-0.4, -0.2) is 26.8 Å². The molecule has 4 rings (SSSR count). The maximum atomic E-state index is 13.3. The van der Waals surface area contributed by atoms with Crippen LogP contribution in [0.1, 0.15) is 36.4 Å². The Morgan fingerprint density at radius 1 is 1.18 bits per heavy atom. The zero-order valence-corrected chi connectivity index (χ0v) is 17.2. The van der Waals surface area contributed by atoms with Crippen LogP contribution >= 0.6 is 11.3 Å². The second-order valence-electron chi connectivity index (χ2n) is 7.59. The lowest BCUT2D eigenvalue weighted by atomic mass is 9.89. The van der Waals surface area contributed by atoms with Crippen LogP contribution in [0, 0.1) is 5.92 Å². The summed E-state index contributed by atoms with van der Waals surface area (Å²) in [6.45, 7) is 4.87. The monoisotopic (exact) mass is 391 g/mol. The fraction of sp³-hybridized carbons (Fsp3) is 0.348. The lowest BCUT2D eigenvalue weighted by Gasteiger charge is -2.32. The van der Waals surface area contributed by atoms with E-state index in [4.69, 9.17) is 4.98 Å². The Morgan fingerprint density at radius 3 is 2.68 bits per heavy atom. The average Bonchev–Trinajstić information content (AvgIpc) is 3.16. The Hall–Kier alpha value is -2.53. The van der Waals surface area contributed by atoms with Crippen molar-refractivity contribution in [3.63, 3.8) is 0 Å². The van der Waals surface area contributed by atoms with Gasteiger partial charge in [-0.25, -0.2) is 4.98 Å². The third-order valence-electron chi connectivity index (χ3n) is 5.28. The first-order chi connectivity index (χ1) is 13.6. The highest BCUT2D eigenvalue weighted by Crippen LogP contribution is 2.35. The van der Waals surface area contributed by atoms with Crippen molar-refractivity contribution < 1.29 is 4.79 Å². The SMILES string of the molecule is CC(C)N(Cc1ccccc1)C(=O)C1CCc2nc(-c3ccccn3)sc2C1. The smallest absolute Gasteiger partial charge is 0.226 e. The highest BCUT2D eigenvalue weighted by Gasteiger charge is 2.31. The Balaban J connectivity index is 1.51. The molecule has 0 spiro atoms. The molecular formula is C23H25N3OS. The van der Waals surface area contributed by atoms with Crippen molar-refractivity contribution in [1.29, 1.82) is 0 Å². The summed E-state index contributed by atoms with van der Waals surface area (Å²) in [6.07, 6.45) is 4.32. The van der Waals surface area contributed by atoms with Gasteiger partial charge in [-0.2, -0.15) is 0 Å². The third kappa shape index (κ3) is 3.99. The summed E-state index contributed by atoms with van der Waals surface area (Å²) in [6, 6.07) is 16.3. The topological polar surface area (TPSA) is 46.1 Å². The number of thiazole rings is 1. The maximum Gasteiger partial charge on any atom is 0.226 e. The lowest BCUT2D eigenvalue weighted by Crippen LogP contribution is -2.41. The fourth-order valence-corrected chi connectivity index (χ4v) is 4.88. The first kappa shape index (κ1) is 18.8. The molecule has 1 aromatic carbocycles. The van der Waals surface area contributed by atoms with Gasteiger partial charge in [0.2, 0.25) is 5.91 Å². The van der Waals surface area contributed by atoms with E-state index in [0.29, 0.717) is 6.54 Å². The Kier molecular flexibility index (Phi) is 5.53. The molecule has 0 saturated carbocycles. The summed E-state index contributed by atoms with van der Waals surface area (Å²) in [5.74, 6) is 0.299. The molecule has 1 aliphatic rings. The highest BCUT2D eigenvalue weighted by atomic mass is 32.1. The Bertz CT molecular complexity index is 937. The quantitative estimate of drug-likeness (QED) is 0.631. The number of amides is 1. The van der Waals surface area contributed by atoms with E-state index in [0.717, 1.165) is 35.7 Å². The minimum atomic E-state index is 0.0376. The van der Waals surface area contributed by atoms with Gasteiger partial charge in [-0.1, -0.05) is 36.4 Å². The van der Waals surface area contributed by atoms with Crippen LogP contribution in [0.3, 0.4) is 0 Å². The molecule has 5 heteroatoms. The summed E-state index contributed by atoms with van der Waals surface area (Å²) >= 11 is 1.69. The molecule has 1 aliphatic carbocycles. The highest BCUT2D eigenvalue weighted by molar-refractivity contribution is 7.15. The van der Waals surface area contributed by atoms with E-state index >= 15 is 0 Å². The van der Waals surface area contributed by atoms with E-state index in [1.54, 1.807) is 17.5 Å². The van der Waals surface area contributed by atoms with Crippen molar-refractivity contribution in [1.82, 2.24) is 14.9 Å². The van der Waals surface area contributed by atoms with Gasteiger partial charge >= 0.3 is 0 Å². The van der Waals surface area contributed by atoms with Crippen LogP contribution in [0.4, 0.5) is 0 Å². The summed E-state index contributed by atoms with van der Waals surface area (Å²) in [5.41, 5.74) is 3.24. The number of carbonyl (C=O) groups excluding carboxylic acids is 1. The molecule has 144 valence electrons. The minimum Gasteiger partial charge on any atom is -0.336 e. The van der Waals surface area contributed by atoms with Crippen molar-refractivity contribution >= 4 is 17.2 Å². The Labute approximate surface area is 170 Å². The van der Waals surface area contributed by atoms with Gasteiger partial charge in [-0.15, -0.1) is 11.3 Å². The molecule has 2 heterocycles. The summed E-state index contributed by atoms with van der Waals surface area (Å²) in [5, 5.41) is 0.962. The minimum absolute atomic E-state index is 0.0376. The molecule has 0 fully saturated rings. The predicted molar refractivity (Wildman–Crippen MR) is 113 cm³/mol. The normalized spacial score (nSPS) is 16.0. The van der Waals surface area contributed by atoms with Gasteiger partial charge in [0.25, 0.3) is 0 Å². The van der Waals surface area contributed by atoms with Crippen LogP contribution in [0.5, 0.6) is 0 Å². The predicted octanol–water partition coefficient (Wildman–Crippen LogP) is 4.75. The van der Waals surface area contributed by atoms with Gasteiger partial charge in [0.05, 0.1) is 11.4 Å². The summed E-state index contributed by atoms with van der Waals surface area (Å²) in [7, 11) is 0. The van der Waals surface area contributed by atoms with E-state index in [1.165, 1.54) is 10.4 Å². The number of aryl methyl sites for hydroxylation is 1. The number of rotatable bonds is 5. The Morgan fingerprint density at radius 2 is 1.96 bits per heavy atom. The van der Waals surface area contributed by atoms with Crippen LogP contribution in [-0.2, 0) is 24.2 Å². The van der Waals surface area contributed by atoms with Crippen LogP contribution in [0.25, 0.3) is 10.7 Å². The number of nitrogens with zero attached hydrogens (tertiary/aromatic N) is 3. The second-order valence-corrected chi connectivity index (χ2v) is 8.67. The number of benzene rings is 1. The average molecular weight is 392 g/mol. The second kappa shape index (κ2) is 8.23. The van der Waals surface area contributed by atoms with Crippen molar-refractivity contribution in [2.45, 2.75) is 45.7 Å². The molecule has 2 aromatic heterocycles. The van der Waals surface area contributed by atoms with Crippen molar-refractivity contribution in [3.05, 3.63) is 70.9 Å². The molecule has 3 aromatic rings. The molecule has 0 aliphatic heterocycles. The van der Waals surface area contributed by atoms with Crippen molar-refractivity contribution in [2.24, 2.45) is 5.92 Å². The van der Waals surface area contributed by atoms with Crippen LogP contribution < -0.4 is 0 Å². The van der Waals surface area contributed by atoms with E-state index in [-0.39, 0.29) is 17.9 Å². The maximum absolute atomic E-state index is 13.3. The first-order valence-corrected chi connectivity index (χ1v) is 10.7.